The monoisotopic (exact) mass is 313 g/mol. The van der Waals surface area contributed by atoms with Crippen molar-refractivity contribution < 1.29 is 9.47 Å². The number of rotatable bonds is 5. The Kier molecular flexibility index (Phi) is 5.01. The number of aromatic nitrogens is 2. The van der Waals surface area contributed by atoms with Crippen LogP contribution in [-0.2, 0) is 9.47 Å². The normalized spacial score (nSPS) is 14.9. The van der Waals surface area contributed by atoms with Crippen LogP contribution >= 0.6 is 11.8 Å². The summed E-state index contributed by atoms with van der Waals surface area (Å²) in [6.07, 6.45) is 4.15. The molecule has 0 N–H and O–H groups in total. The first kappa shape index (κ1) is 15.0. The molecule has 112 valence electrons. The van der Waals surface area contributed by atoms with Crippen LogP contribution in [0.15, 0.2) is 41.7 Å². The summed E-state index contributed by atoms with van der Waals surface area (Å²) in [7, 11) is 0. The van der Waals surface area contributed by atoms with Crippen molar-refractivity contribution >= 4 is 11.8 Å². The Labute approximate surface area is 133 Å². The Bertz CT molecular complexity index is 667. The van der Waals surface area contributed by atoms with Gasteiger partial charge in [-0.3, -0.25) is 4.98 Å². The molecule has 1 aliphatic heterocycles. The van der Waals surface area contributed by atoms with E-state index in [9.17, 15) is 5.26 Å². The summed E-state index contributed by atoms with van der Waals surface area (Å²) in [5.41, 5.74) is 2.35. The van der Waals surface area contributed by atoms with Crippen LogP contribution in [0.4, 0.5) is 0 Å². The average molecular weight is 313 g/mol. The van der Waals surface area contributed by atoms with Crippen LogP contribution in [0, 0.1) is 11.3 Å². The van der Waals surface area contributed by atoms with Crippen molar-refractivity contribution in [3.05, 3.63) is 42.2 Å². The molecule has 5 nitrogen and oxygen atoms in total. The van der Waals surface area contributed by atoms with Crippen LogP contribution in [0.1, 0.15) is 12.0 Å². The third-order valence-electron chi connectivity index (χ3n) is 3.22. The highest BCUT2D eigenvalue weighted by atomic mass is 32.2. The molecule has 0 radical (unpaired) electrons. The van der Waals surface area contributed by atoms with Gasteiger partial charge in [0, 0.05) is 30.1 Å². The fourth-order valence-corrected chi connectivity index (χ4v) is 3.07. The van der Waals surface area contributed by atoms with Gasteiger partial charge in [0.2, 0.25) is 0 Å². The van der Waals surface area contributed by atoms with E-state index in [2.05, 4.69) is 16.0 Å². The van der Waals surface area contributed by atoms with Gasteiger partial charge in [-0.25, -0.2) is 4.98 Å². The van der Waals surface area contributed by atoms with Crippen LogP contribution in [-0.4, -0.2) is 35.2 Å². The lowest BCUT2D eigenvalue weighted by Crippen LogP contribution is -2.08. The molecule has 0 saturated carbocycles. The van der Waals surface area contributed by atoms with Gasteiger partial charge in [0.15, 0.2) is 6.29 Å². The van der Waals surface area contributed by atoms with Crippen LogP contribution in [0.25, 0.3) is 11.3 Å². The Morgan fingerprint density at radius 1 is 1.27 bits per heavy atom. The lowest BCUT2D eigenvalue weighted by Gasteiger charge is -2.09. The number of nitriles is 1. The Morgan fingerprint density at radius 2 is 2.14 bits per heavy atom. The number of hydrogen-bond donors (Lipinski definition) is 0. The second kappa shape index (κ2) is 7.36. The smallest absolute Gasteiger partial charge is 0.158 e. The molecule has 2 aromatic rings. The van der Waals surface area contributed by atoms with E-state index in [0.29, 0.717) is 18.8 Å². The molecular weight excluding hydrogens is 298 g/mol. The first-order valence-electron chi connectivity index (χ1n) is 7.04. The average Bonchev–Trinajstić information content (AvgIpc) is 3.09. The molecule has 0 aromatic carbocycles. The van der Waals surface area contributed by atoms with Gasteiger partial charge in [-0.1, -0.05) is 0 Å². The largest absolute Gasteiger partial charge is 0.350 e. The highest BCUT2D eigenvalue weighted by Crippen LogP contribution is 2.26. The lowest BCUT2D eigenvalue weighted by atomic mass is 10.2. The number of nitrogens with zero attached hydrogens (tertiary/aromatic N) is 3. The van der Waals surface area contributed by atoms with Gasteiger partial charge in [0.1, 0.15) is 11.1 Å². The molecule has 0 aliphatic carbocycles. The van der Waals surface area contributed by atoms with Crippen LogP contribution in [0.3, 0.4) is 0 Å². The van der Waals surface area contributed by atoms with Gasteiger partial charge in [-0.2, -0.15) is 5.26 Å². The van der Waals surface area contributed by atoms with Gasteiger partial charge in [0.05, 0.1) is 24.5 Å². The van der Waals surface area contributed by atoms with E-state index in [4.69, 9.17) is 9.47 Å². The standard InChI is InChI=1S/C16H15N3O2S/c17-10-12-3-4-14(13-2-1-6-18-11-13)19-16(12)22-9-5-15-20-7-8-21-15/h1-4,6,11,15H,5,7-9H2. The van der Waals surface area contributed by atoms with E-state index in [1.54, 1.807) is 30.2 Å². The maximum absolute atomic E-state index is 9.23. The molecule has 3 rings (SSSR count). The van der Waals surface area contributed by atoms with Crippen molar-refractivity contribution in [2.24, 2.45) is 0 Å². The molecule has 2 aromatic heterocycles. The van der Waals surface area contributed by atoms with E-state index in [1.807, 2.05) is 18.2 Å². The van der Waals surface area contributed by atoms with Gasteiger partial charge >= 0.3 is 0 Å². The molecule has 0 unspecified atom stereocenters. The fraction of sp³-hybridized carbons (Fsp3) is 0.312. The van der Waals surface area contributed by atoms with E-state index in [0.717, 1.165) is 28.5 Å². The third-order valence-corrected chi connectivity index (χ3v) is 4.25. The van der Waals surface area contributed by atoms with Crippen LogP contribution in [0.2, 0.25) is 0 Å². The highest BCUT2D eigenvalue weighted by Gasteiger charge is 2.16. The third kappa shape index (κ3) is 3.63. The summed E-state index contributed by atoms with van der Waals surface area (Å²) >= 11 is 1.55. The molecule has 1 saturated heterocycles. The summed E-state index contributed by atoms with van der Waals surface area (Å²) < 4.78 is 10.8. The number of ether oxygens (including phenoxy) is 2. The van der Waals surface area contributed by atoms with Crippen molar-refractivity contribution in [3.63, 3.8) is 0 Å². The molecule has 0 atom stereocenters. The predicted molar refractivity (Wildman–Crippen MR) is 83.2 cm³/mol. The quantitative estimate of drug-likeness (QED) is 0.791. The number of pyridine rings is 2. The molecular formula is C16H15N3O2S. The van der Waals surface area contributed by atoms with Gasteiger partial charge in [-0.15, -0.1) is 11.8 Å². The van der Waals surface area contributed by atoms with Crippen molar-refractivity contribution in [3.8, 4) is 17.3 Å². The Morgan fingerprint density at radius 3 is 2.86 bits per heavy atom. The minimum absolute atomic E-state index is 0.125. The number of thioether (sulfide) groups is 1. The topological polar surface area (TPSA) is 68.0 Å². The first-order chi connectivity index (χ1) is 10.9. The zero-order valence-corrected chi connectivity index (χ0v) is 12.8. The van der Waals surface area contributed by atoms with Crippen LogP contribution in [0.5, 0.6) is 0 Å². The summed E-state index contributed by atoms with van der Waals surface area (Å²) in [5, 5.41) is 9.96. The second-order valence-electron chi connectivity index (χ2n) is 4.71. The minimum atomic E-state index is -0.125. The molecule has 1 fully saturated rings. The molecule has 0 spiro atoms. The predicted octanol–water partition coefficient (Wildman–Crippen LogP) is 2.87. The summed E-state index contributed by atoms with van der Waals surface area (Å²) in [4.78, 5) is 8.70. The maximum atomic E-state index is 9.23. The highest BCUT2D eigenvalue weighted by molar-refractivity contribution is 7.99. The number of hydrogen-bond acceptors (Lipinski definition) is 6. The van der Waals surface area contributed by atoms with E-state index in [1.165, 1.54) is 0 Å². The zero-order chi connectivity index (χ0) is 15.2. The SMILES string of the molecule is N#Cc1ccc(-c2cccnc2)nc1SCCC1OCCO1. The van der Waals surface area contributed by atoms with Gasteiger partial charge in [-0.05, 0) is 24.3 Å². The molecule has 0 bridgehead atoms. The lowest BCUT2D eigenvalue weighted by molar-refractivity contribution is -0.0421. The van der Waals surface area contributed by atoms with Gasteiger partial charge in [0.25, 0.3) is 0 Å². The second-order valence-corrected chi connectivity index (χ2v) is 5.79. The van der Waals surface area contributed by atoms with Crippen molar-refractivity contribution in [2.45, 2.75) is 17.7 Å². The summed E-state index contributed by atoms with van der Waals surface area (Å²) in [5.74, 6) is 0.794. The molecule has 3 heterocycles. The minimum Gasteiger partial charge on any atom is -0.350 e. The van der Waals surface area contributed by atoms with E-state index in [-0.39, 0.29) is 6.29 Å². The Balaban J connectivity index is 1.72. The molecule has 0 amide bonds. The van der Waals surface area contributed by atoms with Crippen molar-refractivity contribution in [1.82, 2.24) is 9.97 Å². The van der Waals surface area contributed by atoms with Crippen LogP contribution < -0.4 is 0 Å². The molecule has 22 heavy (non-hydrogen) atoms. The maximum Gasteiger partial charge on any atom is 0.158 e. The summed E-state index contributed by atoms with van der Waals surface area (Å²) in [6.45, 7) is 1.32. The summed E-state index contributed by atoms with van der Waals surface area (Å²) in [6, 6.07) is 9.67. The Hall–Kier alpha value is -1.94. The van der Waals surface area contributed by atoms with Crippen molar-refractivity contribution in [1.29, 1.82) is 5.26 Å². The fourth-order valence-electron chi connectivity index (χ4n) is 2.14. The van der Waals surface area contributed by atoms with E-state index < -0.39 is 0 Å². The van der Waals surface area contributed by atoms with Crippen molar-refractivity contribution in [2.75, 3.05) is 19.0 Å². The van der Waals surface area contributed by atoms with E-state index >= 15 is 0 Å². The zero-order valence-electron chi connectivity index (χ0n) is 11.9. The molecule has 6 heteroatoms. The molecule has 1 aliphatic rings. The first-order valence-corrected chi connectivity index (χ1v) is 8.03. The van der Waals surface area contributed by atoms with Gasteiger partial charge < -0.3 is 9.47 Å².